The number of primary amides is 1. The number of fused-ring (bicyclic) bond motifs is 1. The molecule has 15 heavy (non-hydrogen) atoms. The Morgan fingerprint density at radius 1 is 1.33 bits per heavy atom. The predicted molar refractivity (Wildman–Crippen MR) is 59.5 cm³/mol. The van der Waals surface area contributed by atoms with Crippen molar-refractivity contribution in [2.75, 3.05) is 0 Å². The van der Waals surface area contributed by atoms with Crippen molar-refractivity contribution in [3.63, 3.8) is 0 Å². The summed E-state index contributed by atoms with van der Waals surface area (Å²) in [6.07, 6.45) is 3.30. The van der Waals surface area contributed by atoms with E-state index in [-0.39, 0.29) is 0 Å². The molecule has 0 spiro atoms. The van der Waals surface area contributed by atoms with Gasteiger partial charge in [-0.1, -0.05) is 24.3 Å². The summed E-state index contributed by atoms with van der Waals surface area (Å²) >= 11 is 5.91. The van der Waals surface area contributed by atoms with Crippen LogP contribution in [0.5, 0.6) is 0 Å². The Hall–Kier alpha value is -1.61. The SMILES string of the molecule is NC(=O)C(Cl)c1cncc2ccccc12. The van der Waals surface area contributed by atoms with E-state index in [1.54, 1.807) is 12.4 Å². The number of alkyl halides is 1. The first-order valence-electron chi connectivity index (χ1n) is 4.46. The van der Waals surface area contributed by atoms with E-state index in [0.717, 1.165) is 10.8 Å². The third-order valence-corrected chi connectivity index (χ3v) is 2.67. The van der Waals surface area contributed by atoms with Gasteiger partial charge in [0.25, 0.3) is 0 Å². The van der Waals surface area contributed by atoms with Crippen LogP contribution >= 0.6 is 11.6 Å². The van der Waals surface area contributed by atoms with E-state index in [0.29, 0.717) is 5.56 Å². The summed E-state index contributed by atoms with van der Waals surface area (Å²) in [7, 11) is 0. The quantitative estimate of drug-likeness (QED) is 0.787. The lowest BCUT2D eigenvalue weighted by atomic mass is 10.1. The molecule has 4 heteroatoms. The fraction of sp³-hybridized carbons (Fsp3) is 0.0909. The number of pyridine rings is 1. The van der Waals surface area contributed by atoms with Crippen LogP contribution in [-0.2, 0) is 4.79 Å². The van der Waals surface area contributed by atoms with Crippen molar-refractivity contribution in [1.82, 2.24) is 4.98 Å². The lowest BCUT2D eigenvalue weighted by Gasteiger charge is -2.08. The van der Waals surface area contributed by atoms with E-state index in [1.807, 2.05) is 24.3 Å². The number of benzene rings is 1. The topological polar surface area (TPSA) is 56.0 Å². The van der Waals surface area contributed by atoms with Gasteiger partial charge in [0, 0.05) is 23.3 Å². The minimum absolute atomic E-state index is 0.560. The Balaban J connectivity index is 2.65. The first kappa shape index (κ1) is 9.93. The molecule has 0 aliphatic rings. The predicted octanol–water partition coefficient (Wildman–Crippen LogP) is 2.00. The number of aromatic nitrogens is 1. The molecule has 1 atom stereocenters. The second kappa shape index (κ2) is 3.87. The van der Waals surface area contributed by atoms with Gasteiger partial charge in [0.15, 0.2) is 0 Å². The van der Waals surface area contributed by atoms with Crippen LogP contribution < -0.4 is 5.73 Å². The average Bonchev–Trinajstić information content (AvgIpc) is 2.27. The lowest BCUT2D eigenvalue weighted by Crippen LogP contribution is -2.17. The zero-order valence-electron chi connectivity index (χ0n) is 7.85. The molecule has 1 amide bonds. The molecular formula is C11H9ClN2O. The van der Waals surface area contributed by atoms with Crippen LogP contribution in [0.15, 0.2) is 36.7 Å². The summed E-state index contributed by atoms with van der Waals surface area (Å²) in [5.41, 5.74) is 5.82. The molecule has 0 aliphatic carbocycles. The van der Waals surface area contributed by atoms with Crippen LogP contribution in [-0.4, -0.2) is 10.9 Å². The highest BCUT2D eigenvalue weighted by atomic mass is 35.5. The molecule has 2 aromatic rings. The molecule has 2 N–H and O–H groups in total. The number of rotatable bonds is 2. The van der Waals surface area contributed by atoms with Crippen LogP contribution in [0.2, 0.25) is 0 Å². The smallest absolute Gasteiger partial charge is 0.240 e. The van der Waals surface area contributed by atoms with Gasteiger partial charge in [-0.2, -0.15) is 0 Å². The summed E-state index contributed by atoms with van der Waals surface area (Å²) in [6.45, 7) is 0. The maximum Gasteiger partial charge on any atom is 0.240 e. The number of hydrogen-bond acceptors (Lipinski definition) is 2. The number of carbonyl (C=O) groups excluding carboxylic acids is 1. The summed E-state index contributed by atoms with van der Waals surface area (Å²) in [4.78, 5) is 15.0. The highest BCUT2D eigenvalue weighted by Gasteiger charge is 2.16. The number of nitrogens with two attached hydrogens (primary N) is 1. The molecule has 3 nitrogen and oxygen atoms in total. The molecule has 0 aliphatic heterocycles. The van der Waals surface area contributed by atoms with Crippen LogP contribution in [0, 0.1) is 0 Å². The van der Waals surface area contributed by atoms with E-state index < -0.39 is 11.3 Å². The molecule has 0 bridgehead atoms. The zero-order valence-corrected chi connectivity index (χ0v) is 8.61. The van der Waals surface area contributed by atoms with Gasteiger partial charge in [0.1, 0.15) is 5.38 Å². The van der Waals surface area contributed by atoms with Gasteiger partial charge < -0.3 is 5.73 Å². The number of carbonyl (C=O) groups is 1. The molecule has 2 rings (SSSR count). The Morgan fingerprint density at radius 2 is 2.07 bits per heavy atom. The molecule has 1 aromatic heterocycles. The van der Waals surface area contributed by atoms with Gasteiger partial charge in [-0.05, 0) is 5.39 Å². The van der Waals surface area contributed by atoms with Gasteiger partial charge in [0.2, 0.25) is 5.91 Å². The van der Waals surface area contributed by atoms with E-state index in [9.17, 15) is 4.79 Å². The van der Waals surface area contributed by atoms with Crippen LogP contribution in [0.4, 0.5) is 0 Å². The molecule has 0 radical (unpaired) electrons. The van der Waals surface area contributed by atoms with Crippen molar-refractivity contribution in [2.24, 2.45) is 5.73 Å². The van der Waals surface area contributed by atoms with Crippen molar-refractivity contribution >= 4 is 28.3 Å². The Kier molecular flexibility index (Phi) is 2.56. The minimum Gasteiger partial charge on any atom is -0.368 e. The Bertz CT molecular complexity index is 507. The normalized spacial score (nSPS) is 12.6. The third-order valence-electron chi connectivity index (χ3n) is 2.22. The number of halogens is 1. The fourth-order valence-corrected chi connectivity index (χ4v) is 1.67. The van der Waals surface area contributed by atoms with Gasteiger partial charge in [-0.15, -0.1) is 11.6 Å². The van der Waals surface area contributed by atoms with Crippen LogP contribution in [0.1, 0.15) is 10.9 Å². The first-order valence-corrected chi connectivity index (χ1v) is 4.90. The highest BCUT2D eigenvalue weighted by molar-refractivity contribution is 6.31. The molecule has 76 valence electrons. The van der Waals surface area contributed by atoms with Crippen molar-refractivity contribution < 1.29 is 4.79 Å². The minimum atomic E-state index is -0.830. The van der Waals surface area contributed by atoms with Gasteiger partial charge >= 0.3 is 0 Å². The highest BCUT2D eigenvalue weighted by Crippen LogP contribution is 2.26. The Morgan fingerprint density at radius 3 is 2.80 bits per heavy atom. The van der Waals surface area contributed by atoms with Crippen molar-refractivity contribution in [3.05, 3.63) is 42.2 Å². The van der Waals surface area contributed by atoms with E-state index in [4.69, 9.17) is 17.3 Å². The van der Waals surface area contributed by atoms with Crippen molar-refractivity contribution in [2.45, 2.75) is 5.38 Å². The number of amides is 1. The molecule has 1 aromatic carbocycles. The van der Waals surface area contributed by atoms with Crippen molar-refractivity contribution in [3.8, 4) is 0 Å². The number of hydrogen-bond donors (Lipinski definition) is 1. The summed E-state index contributed by atoms with van der Waals surface area (Å²) in [5.74, 6) is -0.560. The van der Waals surface area contributed by atoms with Gasteiger partial charge in [-0.25, -0.2) is 0 Å². The molecule has 0 fully saturated rings. The van der Waals surface area contributed by atoms with Gasteiger partial charge in [-0.3, -0.25) is 9.78 Å². The standard InChI is InChI=1S/C11H9ClN2O/c12-10(11(13)15)9-6-14-5-7-3-1-2-4-8(7)9/h1-6,10H,(H2,13,15). The maximum absolute atomic E-state index is 11.0. The Labute approximate surface area is 91.9 Å². The number of nitrogens with zero attached hydrogens (tertiary/aromatic N) is 1. The third kappa shape index (κ3) is 1.78. The zero-order chi connectivity index (χ0) is 10.8. The monoisotopic (exact) mass is 220 g/mol. The average molecular weight is 221 g/mol. The summed E-state index contributed by atoms with van der Waals surface area (Å²) in [6, 6.07) is 7.60. The second-order valence-electron chi connectivity index (χ2n) is 3.21. The van der Waals surface area contributed by atoms with Crippen molar-refractivity contribution in [1.29, 1.82) is 0 Å². The largest absolute Gasteiger partial charge is 0.368 e. The van der Waals surface area contributed by atoms with Gasteiger partial charge in [0.05, 0.1) is 0 Å². The van der Waals surface area contributed by atoms with Crippen LogP contribution in [0.25, 0.3) is 10.8 Å². The molecule has 0 saturated carbocycles. The molecular weight excluding hydrogens is 212 g/mol. The van der Waals surface area contributed by atoms with E-state index in [1.165, 1.54) is 0 Å². The van der Waals surface area contributed by atoms with E-state index in [2.05, 4.69) is 4.98 Å². The van der Waals surface area contributed by atoms with Crippen LogP contribution in [0.3, 0.4) is 0 Å². The fourth-order valence-electron chi connectivity index (χ4n) is 1.50. The lowest BCUT2D eigenvalue weighted by molar-refractivity contribution is -0.117. The maximum atomic E-state index is 11.0. The molecule has 1 unspecified atom stereocenters. The van der Waals surface area contributed by atoms with E-state index >= 15 is 0 Å². The summed E-state index contributed by atoms with van der Waals surface area (Å²) in [5, 5.41) is 1.02. The molecule has 1 heterocycles. The molecule has 0 saturated heterocycles. The first-order chi connectivity index (χ1) is 7.20. The summed E-state index contributed by atoms with van der Waals surface area (Å²) < 4.78 is 0. The second-order valence-corrected chi connectivity index (χ2v) is 3.65.